The monoisotopic (exact) mass is 171 g/mol. The zero-order chi connectivity index (χ0) is 9.78. The molecule has 0 spiro atoms. The average molecular weight is 171 g/mol. The second-order valence-electron chi connectivity index (χ2n) is 4.00. The van der Waals surface area contributed by atoms with Gasteiger partial charge < -0.3 is 4.74 Å². The summed E-state index contributed by atoms with van der Waals surface area (Å²) in [5.74, 6) is 0.275. The van der Waals surface area contributed by atoms with Gasteiger partial charge in [0, 0.05) is 6.21 Å². The van der Waals surface area contributed by atoms with E-state index in [4.69, 9.17) is 4.74 Å². The summed E-state index contributed by atoms with van der Waals surface area (Å²) in [4.78, 5) is 14.6. The van der Waals surface area contributed by atoms with Crippen LogP contribution in [0.2, 0.25) is 0 Å². The molecule has 0 fully saturated rings. The van der Waals surface area contributed by atoms with Gasteiger partial charge in [0.25, 0.3) is 0 Å². The van der Waals surface area contributed by atoms with Gasteiger partial charge in [0.2, 0.25) is 0 Å². The molecule has 0 atom stereocenters. The Bertz CT molecular complexity index is 177. The molecule has 70 valence electrons. The Labute approximate surface area is 73.8 Å². The van der Waals surface area contributed by atoms with Gasteiger partial charge in [0.15, 0.2) is 0 Å². The second kappa shape index (κ2) is 4.24. The first-order valence-corrected chi connectivity index (χ1v) is 4.08. The molecule has 0 saturated heterocycles. The minimum absolute atomic E-state index is 0.275. The van der Waals surface area contributed by atoms with Crippen molar-refractivity contribution in [1.29, 1.82) is 0 Å². The van der Waals surface area contributed by atoms with Crippen molar-refractivity contribution in [3.8, 4) is 0 Å². The molecule has 0 aliphatic heterocycles. The first-order chi connectivity index (χ1) is 5.31. The molecule has 0 N–H and O–H groups in total. The van der Waals surface area contributed by atoms with Crippen LogP contribution in [0.3, 0.4) is 0 Å². The lowest BCUT2D eigenvalue weighted by atomic mass is 10.2. The number of nitrogens with zero attached hydrogens (tertiary/aromatic N) is 1. The lowest BCUT2D eigenvalue weighted by Gasteiger charge is -2.17. The van der Waals surface area contributed by atoms with Crippen molar-refractivity contribution in [3.05, 3.63) is 0 Å². The summed E-state index contributed by atoms with van der Waals surface area (Å²) in [6, 6.07) is 0. The predicted molar refractivity (Wildman–Crippen MR) is 49.6 cm³/mol. The summed E-state index contributed by atoms with van der Waals surface area (Å²) in [6.45, 7) is 9.35. The number of amides is 1. The van der Waals surface area contributed by atoms with Gasteiger partial charge in [0.05, 0.1) is 0 Å². The molecule has 0 aromatic carbocycles. The molecule has 12 heavy (non-hydrogen) atoms. The van der Waals surface area contributed by atoms with Gasteiger partial charge >= 0.3 is 6.09 Å². The Hall–Kier alpha value is -0.860. The topological polar surface area (TPSA) is 38.7 Å². The van der Waals surface area contributed by atoms with E-state index in [0.717, 1.165) is 0 Å². The standard InChI is InChI=1S/C9H17NO2/c1-7(2)6-10-8(11)12-9(3,4)5/h6-7H,1-5H3/b10-6+. The predicted octanol–water partition coefficient (Wildman–Crippen LogP) is 2.65. The number of carbonyl (C=O) groups excluding carboxylic acids is 1. The van der Waals surface area contributed by atoms with Crippen LogP contribution < -0.4 is 0 Å². The summed E-state index contributed by atoms with van der Waals surface area (Å²) < 4.78 is 4.95. The molecule has 0 unspecified atom stereocenters. The third-order valence-electron chi connectivity index (χ3n) is 0.872. The van der Waals surface area contributed by atoms with E-state index < -0.39 is 11.7 Å². The van der Waals surface area contributed by atoms with Gasteiger partial charge in [-0.2, -0.15) is 4.99 Å². The maximum atomic E-state index is 10.9. The molecular weight excluding hydrogens is 154 g/mol. The summed E-state index contributed by atoms with van der Waals surface area (Å²) in [5.41, 5.74) is -0.453. The normalized spacial score (nSPS) is 12.5. The van der Waals surface area contributed by atoms with Crippen LogP contribution in [-0.2, 0) is 4.74 Å². The molecule has 0 aliphatic carbocycles. The molecule has 0 aliphatic rings. The first-order valence-electron chi connectivity index (χ1n) is 4.08. The van der Waals surface area contributed by atoms with E-state index in [0.29, 0.717) is 0 Å². The van der Waals surface area contributed by atoms with Crippen molar-refractivity contribution >= 4 is 12.3 Å². The SMILES string of the molecule is CC(C)/C=N/C(=O)OC(C)(C)C. The molecule has 0 aromatic rings. The van der Waals surface area contributed by atoms with Gasteiger partial charge in [-0.25, -0.2) is 4.79 Å². The van der Waals surface area contributed by atoms with Crippen LogP contribution in [0.5, 0.6) is 0 Å². The van der Waals surface area contributed by atoms with E-state index in [1.807, 2.05) is 34.6 Å². The zero-order valence-electron chi connectivity index (χ0n) is 8.42. The summed E-state index contributed by atoms with van der Waals surface area (Å²) in [5, 5.41) is 0. The molecule has 0 aromatic heterocycles. The molecule has 0 heterocycles. The van der Waals surface area contributed by atoms with Crippen molar-refractivity contribution in [3.63, 3.8) is 0 Å². The molecular formula is C9H17NO2. The molecule has 0 saturated carbocycles. The van der Waals surface area contributed by atoms with Crippen LogP contribution in [0.1, 0.15) is 34.6 Å². The van der Waals surface area contributed by atoms with E-state index >= 15 is 0 Å². The highest BCUT2D eigenvalue weighted by Crippen LogP contribution is 2.07. The van der Waals surface area contributed by atoms with E-state index in [9.17, 15) is 4.79 Å². The van der Waals surface area contributed by atoms with Crippen molar-refractivity contribution in [2.45, 2.75) is 40.2 Å². The Morgan fingerprint density at radius 2 is 1.92 bits per heavy atom. The smallest absolute Gasteiger partial charge is 0.433 e. The maximum absolute atomic E-state index is 10.9. The summed E-state index contributed by atoms with van der Waals surface area (Å²) in [6.07, 6.45) is 1.06. The van der Waals surface area contributed by atoms with Gasteiger partial charge in [-0.1, -0.05) is 13.8 Å². The fourth-order valence-electron chi connectivity index (χ4n) is 0.498. The lowest BCUT2D eigenvalue weighted by Crippen LogP contribution is -2.22. The minimum Gasteiger partial charge on any atom is -0.442 e. The molecule has 0 rings (SSSR count). The van der Waals surface area contributed by atoms with Gasteiger partial charge in [-0.15, -0.1) is 0 Å². The van der Waals surface area contributed by atoms with E-state index in [1.165, 1.54) is 0 Å². The second-order valence-corrected chi connectivity index (χ2v) is 4.00. The number of rotatable bonds is 1. The lowest BCUT2D eigenvalue weighted by molar-refractivity contribution is 0.0604. The summed E-state index contributed by atoms with van der Waals surface area (Å²) >= 11 is 0. The number of aliphatic imine (C=N–C) groups is 1. The molecule has 1 amide bonds. The number of carbonyl (C=O) groups is 1. The average Bonchev–Trinajstić information content (AvgIpc) is 1.79. The van der Waals surface area contributed by atoms with Crippen LogP contribution in [-0.4, -0.2) is 17.9 Å². The Morgan fingerprint density at radius 3 is 2.25 bits per heavy atom. The van der Waals surface area contributed by atoms with Crippen LogP contribution in [0, 0.1) is 5.92 Å². The van der Waals surface area contributed by atoms with E-state index in [1.54, 1.807) is 6.21 Å². The highest BCUT2D eigenvalue weighted by molar-refractivity contribution is 5.80. The third-order valence-corrected chi connectivity index (χ3v) is 0.872. The van der Waals surface area contributed by atoms with Crippen LogP contribution in [0.15, 0.2) is 4.99 Å². The summed E-state index contributed by atoms with van der Waals surface area (Å²) in [7, 11) is 0. The quantitative estimate of drug-likeness (QED) is 0.569. The fourth-order valence-corrected chi connectivity index (χ4v) is 0.498. The molecule has 3 heteroatoms. The van der Waals surface area contributed by atoms with Crippen LogP contribution in [0.25, 0.3) is 0 Å². The molecule has 0 bridgehead atoms. The Balaban J connectivity index is 3.91. The van der Waals surface area contributed by atoms with Gasteiger partial charge in [0.1, 0.15) is 5.60 Å². The highest BCUT2D eigenvalue weighted by atomic mass is 16.6. The largest absolute Gasteiger partial charge is 0.442 e. The van der Waals surface area contributed by atoms with Crippen molar-refractivity contribution < 1.29 is 9.53 Å². The third kappa shape index (κ3) is 7.25. The number of hydrogen-bond acceptors (Lipinski definition) is 2. The number of hydrogen-bond donors (Lipinski definition) is 0. The van der Waals surface area contributed by atoms with Crippen molar-refractivity contribution in [2.75, 3.05) is 0 Å². The van der Waals surface area contributed by atoms with Gasteiger partial charge in [-0.3, -0.25) is 0 Å². The fraction of sp³-hybridized carbons (Fsp3) is 0.778. The van der Waals surface area contributed by atoms with Crippen LogP contribution >= 0.6 is 0 Å². The Morgan fingerprint density at radius 1 is 1.42 bits per heavy atom. The first kappa shape index (κ1) is 11.1. The van der Waals surface area contributed by atoms with Crippen molar-refractivity contribution in [1.82, 2.24) is 0 Å². The molecule has 3 nitrogen and oxygen atoms in total. The van der Waals surface area contributed by atoms with Crippen LogP contribution in [0.4, 0.5) is 4.79 Å². The molecule has 0 radical (unpaired) electrons. The zero-order valence-corrected chi connectivity index (χ0v) is 8.42. The van der Waals surface area contributed by atoms with E-state index in [2.05, 4.69) is 4.99 Å². The Kier molecular flexibility index (Phi) is 3.93. The maximum Gasteiger partial charge on any atom is 0.433 e. The highest BCUT2D eigenvalue weighted by Gasteiger charge is 2.14. The van der Waals surface area contributed by atoms with Crippen molar-refractivity contribution in [2.24, 2.45) is 10.9 Å². The number of ether oxygens (including phenoxy) is 1. The minimum atomic E-state index is -0.517. The van der Waals surface area contributed by atoms with Gasteiger partial charge in [-0.05, 0) is 26.7 Å². The van der Waals surface area contributed by atoms with E-state index in [-0.39, 0.29) is 5.92 Å².